The van der Waals surface area contributed by atoms with Crippen molar-refractivity contribution < 1.29 is 51.1 Å². The van der Waals surface area contributed by atoms with Crippen molar-refractivity contribution in [3.05, 3.63) is 34.9 Å². The van der Waals surface area contributed by atoms with Gasteiger partial charge >= 0.3 is 0 Å². The Labute approximate surface area is 222 Å². The number of aliphatic hydroxyl groups excluding tert-OH is 10. The smallest absolute Gasteiger partial charge is 0.111 e. The summed E-state index contributed by atoms with van der Waals surface area (Å²) in [6.07, 6.45) is -12.7. The Morgan fingerprint density at radius 1 is 0.639 bits per heavy atom. The number of hydrogen-bond donors (Lipinski definition) is 12. The lowest BCUT2D eigenvalue weighted by molar-refractivity contribution is -0.130. The number of aliphatic hydroxyl groups is 10. The third-order valence-corrected chi connectivity index (χ3v) is 6.77. The van der Waals surface area contributed by atoms with Gasteiger partial charge in [0.1, 0.15) is 36.6 Å². The van der Waals surface area contributed by atoms with Crippen LogP contribution in [0.2, 0.25) is 0 Å². The van der Waals surface area contributed by atoms with E-state index < -0.39 is 62.0 Å². The lowest BCUT2D eigenvalue weighted by Gasteiger charge is -2.33. The Morgan fingerprint density at radius 2 is 1.08 bits per heavy atom. The van der Waals surface area contributed by atoms with Gasteiger partial charge in [0.25, 0.3) is 0 Å². The van der Waals surface area contributed by atoms with Crippen LogP contribution in [0.3, 0.4) is 0 Å². The number of rotatable bonds is 18. The molecule has 0 unspecified atom stereocenters. The summed E-state index contributed by atoms with van der Waals surface area (Å²) in [6, 6.07) is 5.94. The maximum Gasteiger partial charge on any atom is 0.111 e. The molecule has 36 heavy (non-hydrogen) atoms. The van der Waals surface area contributed by atoms with Crippen LogP contribution >= 0.6 is 25.3 Å². The molecular formula is C23H41NO10S2. The molecule has 11 nitrogen and oxygen atoms in total. The van der Waals surface area contributed by atoms with Crippen LogP contribution in [-0.4, -0.2) is 138 Å². The van der Waals surface area contributed by atoms with Gasteiger partial charge in [-0.3, -0.25) is 4.90 Å². The summed E-state index contributed by atoms with van der Waals surface area (Å²) < 4.78 is 0. The van der Waals surface area contributed by atoms with Gasteiger partial charge in [-0.05, 0) is 36.1 Å². The molecule has 0 heterocycles. The normalized spacial score (nSPS) is 18.9. The van der Waals surface area contributed by atoms with E-state index in [9.17, 15) is 40.9 Å². The van der Waals surface area contributed by atoms with Crippen molar-refractivity contribution in [3.8, 4) is 0 Å². The van der Waals surface area contributed by atoms with Crippen LogP contribution in [0.1, 0.15) is 23.1 Å². The molecule has 0 aliphatic heterocycles. The van der Waals surface area contributed by atoms with Crippen LogP contribution in [0.25, 0.3) is 0 Å². The third kappa shape index (κ3) is 10.3. The molecule has 1 rings (SSSR count). The van der Waals surface area contributed by atoms with Gasteiger partial charge in [-0.15, -0.1) is 0 Å². The first-order valence-electron chi connectivity index (χ1n) is 11.7. The molecule has 0 amide bonds. The van der Waals surface area contributed by atoms with E-state index in [-0.39, 0.29) is 19.6 Å². The molecule has 1 aromatic carbocycles. The van der Waals surface area contributed by atoms with E-state index in [4.69, 9.17) is 10.2 Å². The molecule has 0 aromatic heterocycles. The van der Waals surface area contributed by atoms with Crippen molar-refractivity contribution in [2.45, 2.75) is 73.2 Å². The Hall–Kier alpha value is -0.520. The van der Waals surface area contributed by atoms with Crippen molar-refractivity contribution >= 4 is 25.3 Å². The number of benzene rings is 1. The topological polar surface area (TPSA) is 206 Å². The number of nitrogens with zero attached hydrogens (tertiary/aromatic N) is 1. The summed E-state index contributed by atoms with van der Waals surface area (Å²) >= 11 is 8.65. The van der Waals surface area contributed by atoms with Crippen molar-refractivity contribution in [2.24, 2.45) is 0 Å². The second kappa shape index (κ2) is 17.1. The zero-order valence-corrected chi connectivity index (χ0v) is 21.8. The third-order valence-electron chi connectivity index (χ3n) is 6.09. The first-order chi connectivity index (χ1) is 17.0. The molecule has 13 heteroatoms. The Morgan fingerprint density at radius 3 is 1.50 bits per heavy atom. The molecule has 8 atom stereocenters. The molecule has 0 spiro atoms. The quantitative estimate of drug-likeness (QED) is 0.0806. The van der Waals surface area contributed by atoms with Gasteiger partial charge in [0, 0.05) is 24.6 Å². The van der Waals surface area contributed by atoms with E-state index >= 15 is 0 Å². The molecule has 0 aliphatic rings. The molecule has 0 radical (unpaired) electrons. The van der Waals surface area contributed by atoms with Crippen LogP contribution in [0.15, 0.2) is 18.2 Å². The lowest BCUT2D eigenvalue weighted by atomic mass is 10.0. The first kappa shape index (κ1) is 33.5. The maximum atomic E-state index is 10.4. The summed E-state index contributed by atoms with van der Waals surface area (Å²) in [5.41, 5.74) is 3.14. The summed E-state index contributed by atoms with van der Waals surface area (Å²) in [4.78, 5) is 1.49. The van der Waals surface area contributed by atoms with Gasteiger partial charge < -0.3 is 51.1 Å². The minimum Gasteiger partial charge on any atom is -0.394 e. The number of aryl methyl sites for hydroxylation is 1. The van der Waals surface area contributed by atoms with E-state index in [1.165, 1.54) is 4.90 Å². The largest absolute Gasteiger partial charge is 0.394 e. The molecule has 0 saturated heterocycles. The highest BCUT2D eigenvalue weighted by Crippen LogP contribution is 2.18. The average Bonchev–Trinajstić information content (AvgIpc) is 2.89. The van der Waals surface area contributed by atoms with E-state index in [1.54, 1.807) is 0 Å². The summed E-state index contributed by atoms with van der Waals surface area (Å²) in [5.74, 6) is 1.13. The van der Waals surface area contributed by atoms with E-state index in [1.807, 2.05) is 18.2 Å². The van der Waals surface area contributed by atoms with Crippen molar-refractivity contribution in [1.29, 1.82) is 0 Å². The highest BCUT2D eigenvalue weighted by atomic mass is 32.1. The molecule has 1 aromatic rings. The molecule has 0 aliphatic carbocycles. The summed E-state index contributed by atoms with van der Waals surface area (Å²) in [7, 11) is 0. The van der Waals surface area contributed by atoms with Crippen molar-refractivity contribution in [2.75, 3.05) is 32.8 Å². The second-order valence-corrected chi connectivity index (χ2v) is 9.51. The van der Waals surface area contributed by atoms with Crippen LogP contribution in [0.5, 0.6) is 0 Å². The molecule has 0 saturated carbocycles. The fraction of sp³-hybridized carbons (Fsp3) is 0.739. The standard InChI is InChI=1S/C23H41NO10S2/c25-9-18(29)22(33)20(31)16(27)7-24(8-17(28)21(32)23(34)19(30)10-26)5-1-2-13-3-4-14(11-35)15(6-13)12-36/h3-4,6,16-23,25-36H,1-2,5,7-12H2/t16-,17-,18+,19+,20+,21+,22+,23+/m0/s1. The first-order valence-corrected chi connectivity index (χ1v) is 13.0. The van der Waals surface area contributed by atoms with E-state index in [0.29, 0.717) is 24.3 Å². The Bertz CT molecular complexity index is 719. The zero-order chi connectivity index (χ0) is 27.4. The fourth-order valence-corrected chi connectivity index (χ4v) is 4.37. The fourth-order valence-electron chi connectivity index (χ4n) is 3.77. The predicted molar refractivity (Wildman–Crippen MR) is 139 cm³/mol. The van der Waals surface area contributed by atoms with Crippen molar-refractivity contribution in [3.63, 3.8) is 0 Å². The monoisotopic (exact) mass is 555 g/mol. The van der Waals surface area contributed by atoms with Gasteiger partial charge in [0.2, 0.25) is 0 Å². The van der Waals surface area contributed by atoms with Gasteiger partial charge in [-0.1, -0.05) is 18.2 Å². The number of thiol groups is 2. The SMILES string of the molecule is OC[C@@H](O)[C@@H](O)[C@H](O)[C@@H](O)CN(CCCc1ccc(CS)c(CS)c1)C[C@H](O)[C@@H](O)[C@H](O)[C@H](O)CO. The van der Waals surface area contributed by atoms with Gasteiger partial charge in [0.05, 0.1) is 25.4 Å². The van der Waals surface area contributed by atoms with Crippen LogP contribution in [0, 0.1) is 0 Å². The maximum absolute atomic E-state index is 10.4. The van der Waals surface area contributed by atoms with Gasteiger partial charge in [-0.2, -0.15) is 25.3 Å². The average molecular weight is 556 g/mol. The molecule has 0 bridgehead atoms. The highest BCUT2D eigenvalue weighted by Gasteiger charge is 2.34. The molecule has 10 N–H and O–H groups in total. The minimum atomic E-state index is -1.83. The molecule has 0 fully saturated rings. The van der Waals surface area contributed by atoms with Crippen molar-refractivity contribution in [1.82, 2.24) is 4.90 Å². The Balaban J connectivity index is 2.91. The van der Waals surface area contributed by atoms with Gasteiger partial charge in [0.15, 0.2) is 0 Å². The van der Waals surface area contributed by atoms with Crippen LogP contribution in [-0.2, 0) is 17.9 Å². The van der Waals surface area contributed by atoms with E-state index in [2.05, 4.69) is 25.3 Å². The molecule has 210 valence electrons. The predicted octanol–water partition coefficient (Wildman–Crippen LogP) is -3.35. The zero-order valence-electron chi connectivity index (χ0n) is 20.0. The molecular weight excluding hydrogens is 514 g/mol. The Kier molecular flexibility index (Phi) is 16.0. The lowest BCUT2D eigenvalue weighted by Crippen LogP contribution is -2.53. The van der Waals surface area contributed by atoms with Gasteiger partial charge in [-0.25, -0.2) is 0 Å². The second-order valence-electron chi connectivity index (χ2n) is 8.88. The minimum absolute atomic E-state index is 0.259. The van der Waals surface area contributed by atoms with E-state index in [0.717, 1.165) is 16.7 Å². The van der Waals surface area contributed by atoms with Crippen LogP contribution < -0.4 is 0 Å². The van der Waals surface area contributed by atoms with Crippen LogP contribution in [0.4, 0.5) is 0 Å². The summed E-state index contributed by atoms with van der Waals surface area (Å²) in [6.45, 7) is -1.98. The number of hydrogen-bond acceptors (Lipinski definition) is 13. The highest BCUT2D eigenvalue weighted by molar-refractivity contribution is 7.79. The summed E-state index contributed by atoms with van der Waals surface area (Å²) in [5, 5.41) is 97.9.